The number of rotatable bonds is 3. The standard InChI is InChI=1S/C13H20N2O3/c16-11(9-7-8-3-4-10(9)14-8)15-13(12(17)18)5-1-2-6-13/h8-10,14H,1-7H2,(H,15,16)(H,17,18). The van der Waals surface area contributed by atoms with Crippen LogP contribution in [0.3, 0.4) is 0 Å². The van der Waals surface area contributed by atoms with E-state index in [0.29, 0.717) is 18.9 Å². The van der Waals surface area contributed by atoms with Gasteiger partial charge in [0.1, 0.15) is 5.54 Å². The molecule has 2 saturated heterocycles. The van der Waals surface area contributed by atoms with Gasteiger partial charge < -0.3 is 15.7 Å². The van der Waals surface area contributed by atoms with Crippen LogP contribution in [0.1, 0.15) is 44.9 Å². The first-order chi connectivity index (χ1) is 8.61. The quantitative estimate of drug-likeness (QED) is 0.689. The van der Waals surface area contributed by atoms with Crippen molar-refractivity contribution in [1.29, 1.82) is 0 Å². The normalized spacial score (nSPS) is 36.8. The molecular formula is C13H20N2O3. The number of carbonyl (C=O) groups excluding carboxylic acids is 1. The molecule has 5 nitrogen and oxygen atoms in total. The molecular weight excluding hydrogens is 232 g/mol. The highest BCUT2D eigenvalue weighted by Crippen LogP contribution is 2.35. The minimum absolute atomic E-state index is 0.0272. The van der Waals surface area contributed by atoms with Gasteiger partial charge >= 0.3 is 5.97 Å². The highest BCUT2D eigenvalue weighted by atomic mass is 16.4. The summed E-state index contributed by atoms with van der Waals surface area (Å²) in [4.78, 5) is 23.7. The summed E-state index contributed by atoms with van der Waals surface area (Å²) in [5, 5.41) is 15.6. The first-order valence-electron chi connectivity index (χ1n) is 6.92. The maximum atomic E-state index is 12.3. The summed E-state index contributed by atoms with van der Waals surface area (Å²) >= 11 is 0. The van der Waals surface area contributed by atoms with Crippen molar-refractivity contribution in [2.45, 2.75) is 62.6 Å². The molecule has 3 atom stereocenters. The van der Waals surface area contributed by atoms with E-state index in [1.165, 1.54) is 0 Å². The van der Waals surface area contributed by atoms with Crippen LogP contribution in [0, 0.1) is 5.92 Å². The van der Waals surface area contributed by atoms with Crippen LogP contribution in [-0.2, 0) is 9.59 Å². The summed E-state index contributed by atoms with van der Waals surface area (Å²) < 4.78 is 0. The molecule has 3 unspecified atom stereocenters. The molecule has 3 N–H and O–H groups in total. The van der Waals surface area contributed by atoms with Crippen molar-refractivity contribution in [1.82, 2.24) is 10.6 Å². The Kier molecular flexibility index (Phi) is 2.81. The molecule has 0 spiro atoms. The summed E-state index contributed by atoms with van der Waals surface area (Å²) in [6, 6.07) is 0.734. The zero-order valence-electron chi connectivity index (χ0n) is 10.4. The van der Waals surface area contributed by atoms with Gasteiger partial charge in [0.25, 0.3) is 0 Å². The first-order valence-corrected chi connectivity index (χ1v) is 6.92. The van der Waals surface area contributed by atoms with Gasteiger partial charge in [0.15, 0.2) is 0 Å². The summed E-state index contributed by atoms with van der Waals surface area (Å²) in [5.41, 5.74) is -0.987. The third kappa shape index (κ3) is 1.81. The molecule has 2 heterocycles. The van der Waals surface area contributed by atoms with E-state index in [0.717, 1.165) is 32.1 Å². The van der Waals surface area contributed by atoms with Gasteiger partial charge in [0.05, 0.1) is 5.92 Å². The van der Waals surface area contributed by atoms with Crippen LogP contribution in [0.15, 0.2) is 0 Å². The number of carboxylic acids is 1. The van der Waals surface area contributed by atoms with E-state index in [9.17, 15) is 14.7 Å². The lowest BCUT2D eigenvalue weighted by molar-refractivity contribution is -0.148. The minimum atomic E-state index is -0.987. The number of amides is 1. The molecule has 0 aromatic heterocycles. The lowest BCUT2D eigenvalue weighted by Crippen LogP contribution is -2.55. The van der Waals surface area contributed by atoms with Gasteiger partial charge in [-0.25, -0.2) is 4.79 Å². The number of hydrogen-bond acceptors (Lipinski definition) is 3. The predicted octanol–water partition coefficient (Wildman–Crippen LogP) is 0.640. The Labute approximate surface area is 106 Å². The van der Waals surface area contributed by atoms with Crippen LogP contribution in [0.5, 0.6) is 0 Å². The van der Waals surface area contributed by atoms with Crippen LogP contribution < -0.4 is 10.6 Å². The molecule has 3 fully saturated rings. The molecule has 3 aliphatic rings. The van der Waals surface area contributed by atoms with Crippen molar-refractivity contribution in [2.75, 3.05) is 0 Å². The largest absolute Gasteiger partial charge is 0.480 e. The van der Waals surface area contributed by atoms with Crippen molar-refractivity contribution in [3.8, 4) is 0 Å². The Morgan fingerprint density at radius 2 is 1.94 bits per heavy atom. The van der Waals surface area contributed by atoms with Crippen molar-refractivity contribution in [3.05, 3.63) is 0 Å². The topological polar surface area (TPSA) is 78.4 Å². The number of aliphatic carboxylic acids is 1. The van der Waals surface area contributed by atoms with Gasteiger partial charge in [0.2, 0.25) is 5.91 Å². The van der Waals surface area contributed by atoms with E-state index in [1.54, 1.807) is 0 Å². The summed E-state index contributed by atoms with van der Waals surface area (Å²) in [5.74, 6) is -0.955. The monoisotopic (exact) mass is 252 g/mol. The average molecular weight is 252 g/mol. The van der Waals surface area contributed by atoms with E-state index in [2.05, 4.69) is 10.6 Å². The maximum absolute atomic E-state index is 12.3. The van der Waals surface area contributed by atoms with Gasteiger partial charge in [-0.2, -0.15) is 0 Å². The van der Waals surface area contributed by atoms with Crippen molar-refractivity contribution < 1.29 is 14.7 Å². The smallest absolute Gasteiger partial charge is 0.329 e. The molecule has 3 rings (SSSR count). The molecule has 1 aliphatic carbocycles. The van der Waals surface area contributed by atoms with Crippen LogP contribution in [0.25, 0.3) is 0 Å². The van der Waals surface area contributed by atoms with E-state index in [4.69, 9.17) is 0 Å². The van der Waals surface area contributed by atoms with Gasteiger partial charge in [0, 0.05) is 12.1 Å². The van der Waals surface area contributed by atoms with Crippen molar-refractivity contribution in [3.63, 3.8) is 0 Å². The Balaban J connectivity index is 1.68. The second-order valence-corrected chi connectivity index (χ2v) is 5.97. The second-order valence-electron chi connectivity index (χ2n) is 5.97. The minimum Gasteiger partial charge on any atom is -0.480 e. The molecule has 2 bridgehead atoms. The average Bonchev–Trinajstić information content (AvgIpc) is 3.04. The fraction of sp³-hybridized carbons (Fsp3) is 0.846. The number of carboxylic acid groups (broad SMARTS) is 1. The number of hydrogen-bond donors (Lipinski definition) is 3. The van der Waals surface area contributed by atoms with Crippen LogP contribution in [0.2, 0.25) is 0 Å². The number of fused-ring (bicyclic) bond motifs is 2. The molecule has 18 heavy (non-hydrogen) atoms. The van der Waals surface area contributed by atoms with Crippen LogP contribution in [-0.4, -0.2) is 34.6 Å². The third-order valence-electron chi connectivity index (χ3n) is 4.87. The Bertz CT molecular complexity index is 376. The molecule has 2 aliphatic heterocycles. The van der Waals surface area contributed by atoms with E-state index in [1.807, 2.05) is 0 Å². The highest BCUT2D eigenvalue weighted by Gasteiger charge is 2.47. The fourth-order valence-corrected chi connectivity index (χ4v) is 3.81. The molecule has 1 amide bonds. The van der Waals surface area contributed by atoms with E-state index in [-0.39, 0.29) is 17.9 Å². The Morgan fingerprint density at radius 1 is 1.22 bits per heavy atom. The van der Waals surface area contributed by atoms with Gasteiger partial charge in [-0.05, 0) is 32.1 Å². The number of carbonyl (C=O) groups is 2. The van der Waals surface area contributed by atoms with Gasteiger partial charge in [-0.15, -0.1) is 0 Å². The lowest BCUT2D eigenvalue weighted by atomic mass is 9.87. The second kappa shape index (κ2) is 4.23. The van der Waals surface area contributed by atoms with E-state index >= 15 is 0 Å². The maximum Gasteiger partial charge on any atom is 0.329 e. The summed E-state index contributed by atoms with van der Waals surface area (Å²) in [7, 11) is 0. The summed E-state index contributed by atoms with van der Waals surface area (Å²) in [6.07, 6.45) is 5.99. The Morgan fingerprint density at radius 3 is 2.44 bits per heavy atom. The fourth-order valence-electron chi connectivity index (χ4n) is 3.81. The number of nitrogens with one attached hydrogen (secondary N) is 2. The van der Waals surface area contributed by atoms with Crippen LogP contribution >= 0.6 is 0 Å². The highest BCUT2D eigenvalue weighted by molar-refractivity contribution is 5.89. The third-order valence-corrected chi connectivity index (χ3v) is 4.87. The molecule has 1 saturated carbocycles. The summed E-state index contributed by atoms with van der Waals surface area (Å²) in [6.45, 7) is 0. The molecule has 100 valence electrons. The van der Waals surface area contributed by atoms with Gasteiger partial charge in [-0.1, -0.05) is 12.8 Å². The lowest BCUT2D eigenvalue weighted by Gasteiger charge is -2.29. The zero-order valence-corrected chi connectivity index (χ0v) is 10.4. The predicted molar refractivity (Wildman–Crippen MR) is 65.0 cm³/mol. The van der Waals surface area contributed by atoms with E-state index < -0.39 is 11.5 Å². The molecule has 0 aromatic carbocycles. The molecule has 0 aromatic rings. The van der Waals surface area contributed by atoms with Crippen molar-refractivity contribution in [2.24, 2.45) is 5.92 Å². The zero-order chi connectivity index (χ0) is 12.8. The SMILES string of the molecule is O=C(NC1(C(=O)O)CCCC1)C1CC2CCC1N2. The Hall–Kier alpha value is -1.10. The molecule has 5 heteroatoms. The molecule has 0 radical (unpaired) electrons. The van der Waals surface area contributed by atoms with Crippen LogP contribution in [0.4, 0.5) is 0 Å². The van der Waals surface area contributed by atoms with Crippen molar-refractivity contribution >= 4 is 11.9 Å². The van der Waals surface area contributed by atoms with Gasteiger partial charge in [-0.3, -0.25) is 4.79 Å². The first kappa shape index (κ1) is 12.0.